The summed E-state index contributed by atoms with van der Waals surface area (Å²) >= 11 is 0. The molecule has 0 spiro atoms. The molecule has 0 unspecified atom stereocenters. The number of benzene rings is 2. The molecule has 2 N–H and O–H groups in total. The molecule has 3 aromatic rings. The number of carbonyl (C=O) groups is 1. The van der Waals surface area contributed by atoms with Crippen LogP contribution in [0.5, 0.6) is 11.5 Å². The molecule has 0 saturated heterocycles. The standard InChI is InChI=1S/C22H24N4O2/c1-26(2)15-14-23-17-12-13-20(24-16-17)22(27)25-19-10-6-7-11-21(19)28-18-8-4-3-5-9-18/h3-13,16,23H,14-15H2,1-2H3,(H,25,27). The Balaban J connectivity index is 1.65. The van der Waals surface area contributed by atoms with Crippen molar-refractivity contribution in [3.8, 4) is 11.5 Å². The van der Waals surface area contributed by atoms with Crippen LogP contribution < -0.4 is 15.4 Å². The van der Waals surface area contributed by atoms with Crippen LogP contribution in [0.4, 0.5) is 11.4 Å². The van der Waals surface area contributed by atoms with Crippen LogP contribution in [0.1, 0.15) is 10.5 Å². The molecule has 2 aromatic carbocycles. The summed E-state index contributed by atoms with van der Waals surface area (Å²) in [5.41, 5.74) is 1.81. The van der Waals surface area contributed by atoms with Gasteiger partial charge in [0.1, 0.15) is 11.4 Å². The van der Waals surface area contributed by atoms with Crippen molar-refractivity contribution in [1.29, 1.82) is 0 Å². The summed E-state index contributed by atoms with van der Waals surface area (Å²) < 4.78 is 5.88. The van der Waals surface area contributed by atoms with Crippen molar-refractivity contribution in [2.24, 2.45) is 0 Å². The summed E-state index contributed by atoms with van der Waals surface area (Å²) in [6.07, 6.45) is 1.66. The van der Waals surface area contributed by atoms with E-state index in [0.717, 1.165) is 18.8 Å². The molecule has 1 aromatic heterocycles. The maximum atomic E-state index is 12.6. The maximum absolute atomic E-state index is 12.6. The molecule has 0 radical (unpaired) electrons. The van der Waals surface area contributed by atoms with E-state index < -0.39 is 0 Å². The molecule has 0 aliphatic carbocycles. The Hall–Kier alpha value is -3.38. The predicted octanol–water partition coefficient (Wildman–Crippen LogP) is 4.10. The summed E-state index contributed by atoms with van der Waals surface area (Å²) in [5, 5.41) is 6.14. The molecule has 1 amide bonds. The summed E-state index contributed by atoms with van der Waals surface area (Å²) in [6, 6.07) is 20.3. The van der Waals surface area contributed by atoms with Gasteiger partial charge in [0.2, 0.25) is 0 Å². The van der Waals surface area contributed by atoms with E-state index >= 15 is 0 Å². The van der Waals surface area contributed by atoms with Crippen LogP contribution in [0.15, 0.2) is 72.9 Å². The maximum Gasteiger partial charge on any atom is 0.274 e. The molecule has 6 heteroatoms. The largest absolute Gasteiger partial charge is 0.455 e. The van der Waals surface area contributed by atoms with Crippen LogP contribution in [0, 0.1) is 0 Å². The number of amides is 1. The number of likely N-dealkylation sites (N-methyl/N-ethyl adjacent to an activating group) is 1. The first kappa shape index (κ1) is 19.4. The SMILES string of the molecule is CN(C)CCNc1ccc(C(=O)Nc2ccccc2Oc2ccccc2)nc1. The molecule has 3 rings (SSSR count). The van der Waals surface area contributed by atoms with Crippen molar-refractivity contribution in [1.82, 2.24) is 9.88 Å². The molecular weight excluding hydrogens is 352 g/mol. The Bertz CT molecular complexity index is 896. The lowest BCUT2D eigenvalue weighted by Gasteiger charge is -2.13. The van der Waals surface area contributed by atoms with E-state index in [-0.39, 0.29) is 5.91 Å². The highest BCUT2D eigenvalue weighted by molar-refractivity contribution is 6.03. The van der Waals surface area contributed by atoms with Crippen LogP contribution >= 0.6 is 0 Å². The number of carbonyl (C=O) groups excluding carboxylic acids is 1. The number of anilines is 2. The average Bonchev–Trinajstić information content (AvgIpc) is 2.70. The lowest BCUT2D eigenvalue weighted by Crippen LogP contribution is -2.21. The molecule has 0 fully saturated rings. The first-order valence-electron chi connectivity index (χ1n) is 9.10. The van der Waals surface area contributed by atoms with Crippen molar-refractivity contribution in [2.75, 3.05) is 37.8 Å². The number of nitrogens with zero attached hydrogens (tertiary/aromatic N) is 2. The van der Waals surface area contributed by atoms with Gasteiger partial charge in [-0.15, -0.1) is 0 Å². The van der Waals surface area contributed by atoms with Crippen LogP contribution in [0.2, 0.25) is 0 Å². The third-order valence-electron chi connectivity index (χ3n) is 3.99. The monoisotopic (exact) mass is 376 g/mol. The number of hydrogen-bond donors (Lipinski definition) is 2. The third-order valence-corrected chi connectivity index (χ3v) is 3.99. The summed E-state index contributed by atoms with van der Waals surface area (Å²) in [4.78, 5) is 18.9. The van der Waals surface area contributed by atoms with E-state index in [1.54, 1.807) is 18.3 Å². The second kappa shape index (κ2) is 9.53. The van der Waals surface area contributed by atoms with Crippen molar-refractivity contribution < 1.29 is 9.53 Å². The number of nitrogens with one attached hydrogen (secondary N) is 2. The zero-order chi connectivity index (χ0) is 19.8. The van der Waals surface area contributed by atoms with E-state index in [1.165, 1.54) is 0 Å². The molecule has 6 nitrogen and oxygen atoms in total. The quantitative estimate of drug-likeness (QED) is 0.620. The van der Waals surface area contributed by atoms with E-state index in [9.17, 15) is 4.79 Å². The molecule has 0 bridgehead atoms. The number of hydrogen-bond acceptors (Lipinski definition) is 5. The number of para-hydroxylation sites is 3. The molecule has 144 valence electrons. The van der Waals surface area contributed by atoms with Crippen molar-refractivity contribution >= 4 is 17.3 Å². The van der Waals surface area contributed by atoms with Crippen molar-refractivity contribution in [2.45, 2.75) is 0 Å². The fourth-order valence-corrected chi connectivity index (χ4v) is 2.52. The highest BCUT2D eigenvalue weighted by atomic mass is 16.5. The Morgan fingerprint density at radius 1 is 1.00 bits per heavy atom. The predicted molar refractivity (Wildman–Crippen MR) is 112 cm³/mol. The normalized spacial score (nSPS) is 10.5. The molecular formula is C22H24N4O2. The Labute approximate surface area is 165 Å². The second-order valence-corrected chi connectivity index (χ2v) is 6.53. The molecule has 0 saturated carbocycles. The van der Waals surface area contributed by atoms with Gasteiger partial charge in [0.25, 0.3) is 5.91 Å². The molecule has 0 aliphatic rings. The van der Waals surface area contributed by atoms with Gasteiger partial charge < -0.3 is 20.3 Å². The van der Waals surface area contributed by atoms with Gasteiger partial charge in [-0.2, -0.15) is 0 Å². The number of pyridine rings is 1. The van der Waals surface area contributed by atoms with Crippen LogP contribution in [0.25, 0.3) is 0 Å². The van der Waals surface area contributed by atoms with Crippen molar-refractivity contribution in [3.05, 3.63) is 78.6 Å². The zero-order valence-corrected chi connectivity index (χ0v) is 16.1. The van der Waals surface area contributed by atoms with E-state index in [2.05, 4.69) is 20.5 Å². The number of ether oxygens (including phenoxy) is 1. The van der Waals surface area contributed by atoms with Gasteiger partial charge in [-0.1, -0.05) is 30.3 Å². The Morgan fingerprint density at radius 2 is 1.75 bits per heavy atom. The average molecular weight is 376 g/mol. The summed E-state index contributed by atoms with van der Waals surface area (Å²) in [7, 11) is 4.04. The lowest BCUT2D eigenvalue weighted by atomic mass is 10.2. The van der Waals surface area contributed by atoms with E-state index in [4.69, 9.17) is 4.74 Å². The Kier molecular flexibility index (Phi) is 6.59. The van der Waals surface area contributed by atoms with Gasteiger partial charge in [-0.25, -0.2) is 4.98 Å². The van der Waals surface area contributed by atoms with E-state index in [0.29, 0.717) is 22.9 Å². The summed E-state index contributed by atoms with van der Waals surface area (Å²) in [6.45, 7) is 1.73. The van der Waals surface area contributed by atoms with E-state index in [1.807, 2.05) is 68.7 Å². The molecule has 0 atom stereocenters. The van der Waals surface area contributed by atoms with Gasteiger partial charge in [-0.3, -0.25) is 4.79 Å². The second-order valence-electron chi connectivity index (χ2n) is 6.53. The fourth-order valence-electron chi connectivity index (χ4n) is 2.52. The van der Waals surface area contributed by atoms with Crippen LogP contribution in [0.3, 0.4) is 0 Å². The minimum atomic E-state index is -0.288. The Morgan fingerprint density at radius 3 is 2.46 bits per heavy atom. The van der Waals surface area contributed by atoms with Crippen LogP contribution in [-0.2, 0) is 0 Å². The minimum Gasteiger partial charge on any atom is -0.455 e. The topological polar surface area (TPSA) is 66.5 Å². The highest BCUT2D eigenvalue weighted by Crippen LogP contribution is 2.29. The minimum absolute atomic E-state index is 0.288. The van der Waals surface area contributed by atoms with Crippen molar-refractivity contribution in [3.63, 3.8) is 0 Å². The molecule has 1 heterocycles. The van der Waals surface area contributed by atoms with Gasteiger partial charge in [0.15, 0.2) is 5.75 Å². The summed E-state index contributed by atoms with van der Waals surface area (Å²) in [5.74, 6) is 0.989. The smallest absolute Gasteiger partial charge is 0.274 e. The van der Waals surface area contributed by atoms with Gasteiger partial charge in [0.05, 0.1) is 17.6 Å². The lowest BCUT2D eigenvalue weighted by molar-refractivity contribution is 0.102. The first-order chi connectivity index (χ1) is 13.6. The van der Waals surface area contributed by atoms with Crippen LogP contribution in [-0.4, -0.2) is 43.0 Å². The first-order valence-corrected chi connectivity index (χ1v) is 9.10. The zero-order valence-electron chi connectivity index (χ0n) is 16.1. The molecule has 0 aliphatic heterocycles. The third kappa shape index (κ3) is 5.56. The van der Waals surface area contributed by atoms with Gasteiger partial charge in [-0.05, 0) is 50.5 Å². The highest BCUT2D eigenvalue weighted by Gasteiger charge is 2.11. The van der Waals surface area contributed by atoms with Gasteiger partial charge >= 0.3 is 0 Å². The van der Waals surface area contributed by atoms with Gasteiger partial charge in [0, 0.05) is 13.1 Å². The number of rotatable bonds is 8. The molecule has 28 heavy (non-hydrogen) atoms. The fraction of sp³-hybridized carbons (Fsp3) is 0.182. The number of aromatic nitrogens is 1.